The molecule has 0 amide bonds. The molecule has 0 fully saturated rings. The zero-order chi connectivity index (χ0) is 28.4. The van der Waals surface area contributed by atoms with Crippen LogP contribution in [0.3, 0.4) is 0 Å². The van der Waals surface area contributed by atoms with Crippen LogP contribution in [0.1, 0.15) is 29.0 Å². The van der Waals surface area contributed by atoms with Crippen LogP contribution in [0.25, 0.3) is 10.9 Å². The minimum atomic E-state index is -4.92. The summed E-state index contributed by atoms with van der Waals surface area (Å²) in [4.78, 5) is 6.44. The Labute approximate surface area is 228 Å². The van der Waals surface area contributed by atoms with E-state index in [9.17, 15) is 22.7 Å². The lowest BCUT2D eigenvalue weighted by molar-refractivity contribution is -0.274. The molecule has 39 heavy (non-hydrogen) atoms. The van der Waals surface area contributed by atoms with Gasteiger partial charge in [0.25, 0.3) is 0 Å². The molecule has 3 aromatic carbocycles. The van der Waals surface area contributed by atoms with Crippen LogP contribution in [0, 0.1) is 5.82 Å². The van der Waals surface area contributed by atoms with Gasteiger partial charge in [-0.15, -0.1) is 13.2 Å². The van der Waals surface area contributed by atoms with Gasteiger partial charge in [-0.2, -0.15) is 0 Å². The number of hydrogen-bond acceptors (Lipinski definition) is 5. The van der Waals surface area contributed by atoms with Gasteiger partial charge in [0, 0.05) is 28.4 Å². The number of aliphatic hydroxyl groups is 1. The monoisotopic (exact) mass is 562 g/mol. The molecular formula is C29H27ClF4N2O3. The summed E-state index contributed by atoms with van der Waals surface area (Å²) in [5, 5.41) is 13.7. The normalized spacial score (nSPS) is 14.3. The Morgan fingerprint density at radius 3 is 2.41 bits per heavy atom. The SMILES string of the molecule is COc1nc2ccc(Cl)cc2cc1C(c1cccc(F)c1)C(O)(CCN(C)C)c1cccc(OC(F)(F)F)c1. The molecule has 2 atom stereocenters. The maximum absolute atomic E-state index is 14.6. The molecule has 10 heteroatoms. The molecule has 2 unspecified atom stereocenters. The second-order valence-electron chi connectivity index (χ2n) is 9.47. The fraction of sp³-hybridized carbons (Fsp3) is 0.276. The minimum Gasteiger partial charge on any atom is -0.481 e. The third-order valence-electron chi connectivity index (χ3n) is 6.44. The first kappa shape index (κ1) is 28.6. The Hall–Kier alpha value is -3.40. The number of pyridine rings is 1. The Balaban J connectivity index is 2.02. The van der Waals surface area contributed by atoms with Crippen molar-refractivity contribution in [3.05, 3.63) is 100 Å². The summed E-state index contributed by atoms with van der Waals surface area (Å²) in [5.74, 6) is -1.88. The van der Waals surface area contributed by atoms with Crippen LogP contribution in [0.2, 0.25) is 5.02 Å². The zero-order valence-corrected chi connectivity index (χ0v) is 22.2. The number of methoxy groups -OCH3 is 1. The average Bonchev–Trinajstić information content (AvgIpc) is 2.86. The third-order valence-corrected chi connectivity index (χ3v) is 6.68. The molecule has 0 bridgehead atoms. The van der Waals surface area contributed by atoms with Crippen LogP contribution in [-0.4, -0.2) is 49.1 Å². The average molecular weight is 563 g/mol. The van der Waals surface area contributed by atoms with Crippen molar-refractivity contribution in [1.29, 1.82) is 0 Å². The van der Waals surface area contributed by atoms with E-state index in [1.807, 2.05) is 4.90 Å². The quantitative estimate of drug-likeness (QED) is 0.225. The molecule has 4 aromatic rings. The molecule has 0 aliphatic carbocycles. The number of fused-ring (bicyclic) bond motifs is 1. The highest BCUT2D eigenvalue weighted by Gasteiger charge is 2.43. The summed E-state index contributed by atoms with van der Waals surface area (Å²) in [7, 11) is 5.04. The number of rotatable bonds is 9. The van der Waals surface area contributed by atoms with Crippen molar-refractivity contribution in [2.45, 2.75) is 24.3 Å². The highest BCUT2D eigenvalue weighted by Crippen LogP contribution is 2.48. The van der Waals surface area contributed by atoms with Gasteiger partial charge in [0.2, 0.25) is 5.88 Å². The van der Waals surface area contributed by atoms with Crippen LogP contribution in [0.15, 0.2) is 72.8 Å². The Morgan fingerprint density at radius 2 is 1.74 bits per heavy atom. The van der Waals surface area contributed by atoms with Gasteiger partial charge in [-0.05, 0) is 80.2 Å². The first-order valence-corrected chi connectivity index (χ1v) is 12.4. The van der Waals surface area contributed by atoms with Crippen LogP contribution in [0.5, 0.6) is 11.6 Å². The predicted molar refractivity (Wildman–Crippen MR) is 142 cm³/mol. The standard InChI is InChI=1S/C29H27ClF4N2O3/c1-36(2)13-12-28(37,20-7-5-9-23(17-20)39-29(32,33)34)26(18-6-4-8-22(31)15-18)24-16-19-14-21(30)10-11-25(19)35-27(24)38-3/h4-11,14-17,26,37H,12-13H2,1-3H3. The van der Waals surface area contributed by atoms with Crippen molar-refractivity contribution in [3.8, 4) is 11.6 Å². The topological polar surface area (TPSA) is 54.8 Å². The highest BCUT2D eigenvalue weighted by molar-refractivity contribution is 6.31. The number of halogens is 5. The van der Waals surface area contributed by atoms with E-state index in [1.54, 1.807) is 44.4 Å². The summed E-state index contributed by atoms with van der Waals surface area (Å²) in [6, 6.07) is 17.7. The largest absolute Gasteiger partial charge is 0.573 e. The highest BCUT2D eigenvalue weighted by atomic mass is 35.5. The maximum Gasteiger partial charge on any atom is 0.573 e. The third kappa shape index (κ3) is 6.61. The smallest absolute Gasteiger partial charge is 0.481 e. The van der Waals surface area contributed by atoms with Crippen molar-refractivity contribution in [3.63, 3.8) is 0 Å². The van der Waals surface area contributed by atoms with Gasteiger partial charge in [-0.1, -0.05) is 35.9 Å². The van der Waals surface area contributed by atoms with Gasteiger partial charge >= 0.3 is 6.36 Å². The molecule has 1 N–H and O–H groups in total. The molecule has 0 radical (unpaired) electrons. The molecule has 0 spiro atoms. The van der Waals surface area contributed by atoms with E-state index in [0.29, 0.717) is 33.6 Å². The summed E-state index contributed by atoms with van der Waals surface area (Å²) in [6.45, 7) is 0.349. The van der Waals surface area contributed by atoms with E-state index in [-0.39, 0.29) is 17.9 Å². The summed E-state index contributed by atoms with van der Waals surface area (Å²) in [5.41, 5.74) is -0.352. The molecule has 1 aromatic heterocycles. The number of hydrogen-bond donors (Lipinski definition) is 1. The molecule has 4 rings (SSSR count). The second kappa shape index (κ2) is 11.4. The maximum atomic E-state index is 14.6. The molecule has 0 saturated carbocycles. The van der Waals surface area contributed by atoms with Crippen LogP contribution in [-0.2, 0) is 5.60 Å². The molecule has 1 heterocycles. The lowest BCUT2D eigenvalue weighted by Gasteiger charge is -2.39. The van der Waals surface area contributed by atoms with Gasteiger partial charge in [-0.25, -0.2) is 9.37 Å². The lowest BCUT2D eigenvalue weighted by Crippen LogP contribution is -2.38. The van der Waals surface area contributed by atoms with Crippen LogP contribution in [0.4, 0.5) is 17.6 Å². The van der Waals surface area contributed by atoms with Crippen molar-refractivity contribution in [2.75, 3.05) is 27.7 Å². The molecule has 0 aliphatic heterocycles. The first-order chi connectivity index (χ1) is 18.4. The van der Waals surface area contributed by atoms with Crippen molar-refractivity contribution < 1.29 is 32.1 Å². The van der Waals surface area contributed by atoms with Gasteiger partial charge in [0.15, 0.2) is 0 Å². The van der Waals surface area contributed by atoms with Crippen LogP contribution >= 0.6 is 11.6 Å². The van der Waals surface area contributed by atoms with Crippen molar-refractivity contribution in [2.24, 2.45) is 0 Å². The van der Waals surface area contributed by atoms with E-state index in [1.165, 1.54) is 37.4 Å². The van der Waals surface area contributed by atoms with E-state index < -0.39 is 29.4 Å². The van der Waals surface area contributed by atoms with Crippen molar-refractivity contribution in [1.82, 2.24) is 9.88 Å². The summed E-state index contributed by atoms with van der Waals surface area (Å²) < 4.78 is 63.6. The molecular weight excluding hydrogens is 536 g/mol. The minimum absolute atomic E-state index is 0.0629. The molecule has 5 nitrogen and oxygen atoms in total. The molecule has 206 valence electrons. The first-order valence-electron chi connectivity index (χ1n) is 12.0. The molecule has 0 saturated heterocycles. The fourth-order valence-electron chi connectivity index (χ4n) is 4.73. The Morgan fingerprint density at radius 1 is 1.00 bits per heavy atom. The Bertz CT molecular complexity index is 1460. The predicted octanol–water partition coefficient (Wildman–Crippen LogP) is 6.91. The van der Waals surface area contributed by atoms with E-state index >= 15 is 0 Å². The number of ether oxygens (including phenoxy) is 2. The fourth-order valence-corrected chi connectivity index (χ4v) is 4.91. The second-order valence-corrected chi connectivity index (χ2v) is 9.90. The van der Waals surface area contributed by atoms with E-state index in [0.717, 1.165) is 12.1 Å². The van der Waals surface area contributed by atoms with E-state index in [2.05, 4.69) is 9.72 Å². The summed E-state index contributed by atoms with van der Waals surface area (Å²) >= 11 is 6.23. The number of benzene rings is 3. The zero-order valence-electron chi connectivity index (χ0n) is 21.5. The van der Waals surface area contributed by atoms with Gasteiger partial charge in [-0.3, -0.25) is 0 Å². The van der Waals surface area contributed by atoms with E-state index in [4.69, 9.17) is 16.3 Å². The number of alkyl halides is 3. The lowest BCUT2D eigenvalue weighted by atomic mass is 9.71. The Kier molecular flexibility index (Phi) is 8.34. The van der Waals surface area contributed by atoms with Gasteiger partial charge in [0.1, 0.15) is 17.2 Å². The van der Waals surface area contributed by atoms with Crippen molar-refractivity contribution >= 4 is 22.5 Å². The molecule has 0 aliphatic rings. The van der Waals surface area contributed by atoms with Gasteiger partial charge < -0.3 is 19.5 Å². The van der Waals surface area contributed by atoms with Gasteiger partial charge in [0.05, 0.1) is 12.6 Å². The number of nitrogens with zero attached hydrogens (tertiary/aromatic N) is 2. The summed E-state index contributed by atoms with van der Waals surface area (Å²) in [6.07, 6.45) is -4.86. The van der Waals surface area contributed by atoms with Crippen LogP contribution < -0.4 is 9.47 Å². The number of aromatic nitrogens is 1.